The molecule has 0 aliphatic carbocycles. The van der Waals surface area contributed by atoms with E-state index in [9.17, 15) is 9.59 Å². The quantitative estimate of drug-likeness (QED) is 0.768. The Morgan fingerprint density at radius 1 is 1.33 bits per heavy atom. The molecule has 1 rings (SSSR count). The average Bonchev–Trinajstić information content (AvgIpc) is 2.18. The molecule has 0 fully saturated rings. The van der Waals surface area contributed by atoms with Crippen LogP contribution in [-0.2, 0) is 4.79 Å². The molecule has 0 saturated heterocycles. The highest BCUT2D eigenvalue weighted by Crippen LogP contribution is 2.11. The molecule has 1 N–H and O–H groups in total. The van der Waals surface area contributed by atoms with Gasteiger partial charge in [0.2, 0.25) is 5.91 Å². The summed E-state index contributed by atoms with van der Waals surface area (Å²) in [6.45, 7) is 3.46. The van der Waals surface area contributed by atoms with E-state index in [1.54, 1.807) is 24.3 Å². The topological polar surface area (TPSA) is 46.2 Å². The third-order valence-electron chi connectivity index (χ3n) is 2.03. The van der Waals surface area contributed by atoms with Gasteiger partial charge in [-0.2, -0.15) is 0 Å². The molecule has 0 unspecified atom stereocenters. The summed E-state index contributed by atoms with van der Waals surface area (Å²) in [6, 6.07) is 6.96. The maximum absolute atomic E-state index is 11.3. The van der Waals surface area contributed by atoms with Crippen molar-refractivity contribution in [2.24, 2.45) is 0 Å². The number of nitrogens with one attached hydrogen (secondary N) is 1. The third kappa shape index (κ3) is 3.54. The summed E-state index contributed by atoms with van der Waals surface area (Å²) in [5, 5.41) is 2.75. The Hall–Kier alpha value is -1.64. The molecule has 0 spiro atoms. The van der Waals surface area contributed by atoms with Gasteiger partial charge in [-0.15, -0.1) is 0 Å². The van der Waals surface area contributed by atoms with E-state index >= 15 is 0 Å². The molecular formula is C12H15NO2. The lowest BCUT2D eigenvalue weighted by atomic mass is 10.1. The van der Waals surface area contributed by atoms with Gasteiger partial charge in [-0.3, -0.25) is 9.59 Å². The number of carbonyl (C=O) groups is 2. The van der Waals surface area contributed by atoms with Gasteiger partial charge in [0.05, 0.1) is 0 Å². The van der Waals surface area contributed by atoms with Crippen LogP contribution in [0.3, 0.4) is 0 Å². The first kappa shape index (κ1) is 11.4. The van der Waals surface area contributed by atoms with Crippen molar-refractivity contribution in [2.45, 2.75) is 26.7 Å². The van der Waals surface area contributed by atoms with Crippen LogP contribution in [0.25, 0.3) is 0 Å². The third-order valence-corrected chi connectivity index (χ3v) is 2.03. The molecule has 0 aromatic heterocycles. The maximum atomic E-state index is 11.3. The molecule has 1 amide bonds. The van der Waals surface area contributed by atoms with Crippen LogP contribution in [0.4, 0.5) is 5.69 Å². The summed E-state index contributed by atoms with van der Waals surface area (Å²) < 4.78 is 0. The lowest BCUT2D eigenvalue weighted by Gasteiger charge is -2.05. The van der Waals surface area contributed by atoms with E-state index in [1.807, 2.05) is 6.92 Å². The molecule has 0 bridgehead atoms. The van der Waals surface area contributed by atoms with Crippen LogP contribution in [0.5, 0.6) is 0 Å². The van der Waals surface area contributed by atoms with Crippen LogP contribution in [0.15, 0.2) is 24.3 Å². The predicted octanol–water partition coefficient (Wildman–Crippen LogP) is 2.63. The van der Waals surface area contributed by atoms with E-state index in [2.05, 4.69) is 5.32 Å². The van der Waals surface area contributed by atoms with Gasteiger partial charge in [-0.25, -0.2) is 0 Å². The molecule has 0 aliphatic heterocycles. The summed E-state index contributed by atoms with van der Waals surface area (Å²) in [5.41, 5.74) is 1.30. The number of anilines is 1. The second kappa shape index (κ2) is 5.29. The zero-order chi connectivity index (χ0) is 11.3. The number of hydrogen-bond donors (Lipinski definition) is 1. The molecule has 0 saturated carbocycles. The number of rotatable bonds is 4. The summed E-state index contributed by atoms with van der Waals surface area (Å²) in [5.74, 6) is -0.0141. The standard InChI is InChI=1S/C12H15NO2/c1-3-5-12(15)13-11-7-4-6-10(8-11)9(2)14/h4,6-8H,3,5H2,1-2H3,(H,13,15). The Bertz CT molecular complexity index is 372. The number of hydrogen-bond acceptors (Lipinski definition) is 2. The summed E-state index contributed by atoms with van der Waals surface area (Å²) in [7, 11) is 0. The summed E-state index contributed by atoms with van der Waals surface area (Å²) in [6.07, 6.45) is 1.32. The van der Waals surface area contributed by atoms with Gasteiger partial charge in [0.1, 0.15) is 0 Å². The van der Waals surface area contributed by atoms with Gasteiger partial charge in [0.25, 0.3) is 0 Å². The number of Topliss-reactive ketones (excluding diaryl/α,β-unsaturated/α-hetero) is 1. The average molecular weight is 205 g/mol. The number of ketones is 1. The predicted molar refractivity (Wildman–Crippen MR) is 60.0 cm³/mol. The fraction of sp³-hybridized carbons (Fsp3) is 0.333. The summed E-state index contributed by atoms with van der Waals surface area (Å²) >= 11 is 0. The Labute approximate surface area is 89.5 Å². The van der Waals surface area contributed by atoms with Crippen LogP contribution < -0.4 is 5.32 Å². The molecule has 1 aromatic rings. The minimum atomic E-state index is -0.0156. The van der Waals surface area contributed by atoms with Gasteiger partial charge < -0.3 is 5.32 Å². The largest absolute Gasteiger partial charge is 0.326 e. The smallest absolute Gasteiger partial charge is 0.224 e. The van der Waals surface area contributed by atoms with Gasteiger partial charge >= 0.3 is 0 Å². The second-order valence-electron chi connectivity index (χ2n) is 3.44. The van der Waals surface area contributed by atoms with E-state index in [-0.39, 0.29) is 11.7 Å². The van der Waals surface area contributed by atoms with Crippen LogP contribution in [0.1, 0.15) is 37.0 Å². The number of benzene rings is 1. The Kier molecular flexibility index (Phi) is 4.03. The van der Waals surface area contributed by atoms with E-state index in [0.29, 0.717) is 17.7 Å². The fourth-order valence-electron chi connectivity index (χ4n) is 1.27. The molecule has 0 heterocycles. The van der Waals surface area contributed by atoms with Crippen LogP contribution in [0, 0.1) is 0 Å². The SMILES string of the molecule is CCCC(=O)Nc1cccc(C(C)=O)c1. The van der Waals surface area contributed by atoms with Crippen molar-refractivity contribution in [3.05, 3.63) is 29.8 Å². The molecular weight excluding hydrogens is 190 g/mol. The van der Waals surface area contributed by atoms with Crippen LogP contribution in [-0.4, -0.2) is 11.7 Å². The number of carbonyl (C=O) groups excluding carboxylic acids is 2. The second-order valence-corrected chi connectivity index (χ2v) is 3.44. The number of amides is 1. The highest BCUT2D eigenvalue weighted by molar-refractivity contribution is 5.97. The Balaban J connectivity index is 2.73. The van der Waals surface area contributed by atoms with E-state index < -0.39 is 0 Å². The molecule has 3 heteroatoms. The lowest BCUT2D eigenvalue weighted by Crippen LogP contribution is -2.10. The van der Waals surface area contributed by atoms with Crippen molar-refractivity contribution in [1.82, 2.24) is 0 Å². The van der Waals surface area contributed by atoms with Gasteiger partial charge in [-0.1, -0.05) is 19.1 Å². The summed E-state index contributed by atoms with van der Waals surface area (Å²) in [4.78, 5) is 22.4. The molecule has 0 radical (unpaired) electrons. The first-order valence-electron chi connectivity index (χ1n) is 5.04. The van der Waals surface area contributed by atoms with Crippen molar-refractivity contribution < 1.29 is 9.59 Å². The van der Waals surface area contributed by atoms with E-state index in [4.69, 9.17) is 0 Å². The zero-order valence-electron chi connectivity index (χ0n) is 9.04. The maximum Gasteiger partial charge on any atom is 0.224 e. The molecule has 1 aromatic carbocycles. The van der Waals surface area contributed by atoms with Crippen molar-refractivity contribution in [3.8, 4) is 0 Å². The van der Waals surface area contributed by atoms with Crippen LogP contribution in [0.2, 0.25) is 0 Å². The zero-order valence-corrected chi connectivity index (χ0v) is 9.04. The lowest BCUT2D eigenvalue weighted by molar-refractivity contribution is -0.116. The van der Waals surface area contributed by atoms with Gasteiger partial charge in [0.15, 0.2) is 5.78 Å². The van der Waals surface area contributed by atoms with E-state index in [1.165, 1.54) is 6.92 Å². The van der Waals surface area contributed by atoms with Gasteiger partial charge in [-0.05, 0) is 25.5 Å². The molecule has 3 nitrogen and oxygen atoms in total. The minimum absolute atomic E-state index is 0.00147. The van der Waals surface area contributed by atoms with Crippen molar-refractivity contribution in [3.63, 3.8) is 0 Å². The normalized spacial score (nSPS) is 9.73. The van der Waals surface area contributed by atoms with Gasteiger partial charge in [0, 0.05) is 17.7 Å². The highest BCUT2D eigenvalue weighted by atomic mass is 16.1. The van der Waals surface area contributed by atoms with Crippen LogP contribution >= 0.6 is 0 Å². The fourth-order valence-corrected chi connectivity index (χ4v) is 1.27. The first-order valence-corrected chi connectivity index (χ1v) is 5.04. The van der Waals surface area contributed by atoms with Crippen molar-refractivity contribution in [1.29, 1.82) is 0 Å². The molecule has 0 aliphatic rings. The van der Waals surface area contributed by atoms with Crippen molar-refractivity contribution >= 4 is 17.4 Å². The molecule has 80 valence electrons. The minimum Gasteiger partial charge on any atom is -0.326 e. The highest BCUT2D eigenvalue weighted by Gasteiger charge is 2.03. The molecule has 15 heavy (non-hydrogen) atoms. The Morgan fingerprint density at radius 2 is 2.07 bits per heavy atom. The van der Waals surface area contributed by atoms with E-state index in [0.717, 1.165) is 6.42 Å². The van der Waals surface area contributed by atoms with Crippen molar-refractivity contribution in [2.75, 3.05) is 5.32 Å². The molecule has 0 atom stereocenters. The Morgan fingerprint density at radius 3 is 2.67 bits per heavy atom. The monoisotopic (exact) mass is 205 g/mol. The first-order chi connectivity index (χ1) is 7.13.